The van der Waals surface area contributed by atoms with Gasteiger partial charge in [0.25, 0.3) is 0 Å². The van der Waals surface area contributed by atoms with Crippen molar-refractivity contribution in [3.63, 3.8) is 0 Å². The zero-order valence-corrected chi connectivity index (χ0v) is 12.5. The number of benzene rings is 1. The standard InChI is InChI=1S/C13H13Cl2N3S/c14-8-5-9(15)12-13(18-19-17-12)11(8)16-10(6-1-2-6)7-3-4-7/h5-7,10,16H,1-4H2. The number of aromatic nitrogens is 2. The van der Waals surface area contributed by atoms with Crippen LogP contribution in [0, 0.1) is 11.8 Å². The van der Waals surface area contributed by atoms with E-state index in [-0.39, 0.29) is 0 Å². The summed E-state index contributed by atoms with van der Waals surface area (Å²) < 4.78 is 8.60. The second-order valence-corrected chi connectivity index (χ2v) is 6.86. The fraction of sp³-hybridized carbons (Fsp3) is 0.538. The summed E-state index contributed by atoms with van der Waals surface area (Å²) >= 11 is 13.7. The third-order valence-electron chi connectivity index (χ3n) is 4.01. The topological polar surface area (TPSA) is 37.8 Å². The van der Waals surface area contributed by atoms with Crippen molar-refractivity contribution in [2.45, 2.75) is 31.7 Å². The van der Waals surface area contributed by atoms with Gasteiger partial charge in [-0.3, -0.25) is 0 Å². The Hall–Kier alpha value is -0.580. The zero-order chi connectivity index (χ0) is 13.0. The molecule has 19 heavy (non-hydrogen) atoms. The Morgan fingerprint density at radius 1 is 1.05 bits per heavy atom. The lowest BCUT2D eigenvalue weighted by Gasteiger charge is -2.20. The molecule has 0 saturated heterocycles. The molecular weight excluding hydrogens is 301 g/mol. The maximum Gasteiger partial charge on any atom is 0.130 e. The molecule has 0 aliphatic heterocycles. The van der Waals surface area contributed by atoms with Gasteiger partial charge >= 0.3 is 0 Å². The summed E-state index contributed by atoms with van der Waals surface area (Å²) in [6.07, 6.45) is 5.32. The Kier molecular flexibility index (Phi) is 2.87. The van der Waals surface area contributed by atoms with E-state index >= 15 is 0 Å². The first-order valence-electron chi connectivity index (χ1n) is 6.61. The molecule has 0 atom stereocenters. The van der Waals surface area contributed by atoms with E-state index in [1.807, 2.05) is 0 Å². The SMILES string of the molecule is Clc1cc(Cl)c2nsnc2c1NC(C1CC1)C1CC1. The minimum Gasteiger partial charge on any atom is -0.379 e. The minimum atomic E-state index is 0.545. The molecule has 2 aromatic rings. The summed E-state index contributed by atoms with van der Waals surface area (Å²) in [6.45, 7) is 0. The van der Waals surface area contributed by atoms with Crippen LogP contribution in [0.15, 0.2) is 6.07 Å². The summed E-state index contributed by atoms with van der Waals surface area (Å²) in [5.41, 5.74) is 2.48. The van der Waals surface area contributed by atoms with Gasteiger partial charge in [-0.05, 0) is 43.6 Å². The first-order chi connectivity index (χ1) is 9.24. The predicted molar refractivity (Wildman–Crippen MR) is 80.3 cm³/mol. The number of nitrogens with one attached hydrogen (secondary N) is 1. The minimum absolute atomic E-state index is 0.545. The van der Waals surface area contributed by atoms with E-state index in [1.54, 1.807) is 6.07 Å². The molecule has 6 heteroatoms. The number of rotatable bonds is 4. The second kappa shape index (κ2) is 4.47. The highest BCUT2D eigenvalue weighted by Gasteiger charge is 2.41. The number of anilines is 1. The van der Waals surface area contributed by atoms with Gasteiger partial charge in [0.05, 0.1) is 27.5 Å². The largest absolute Gasteiger partial charge is 0.379 e. The van der Waals surface area contributed by atoms with Crippen LogP contribution in [-0.4, -0.2) is 14.8 Å². The number of hydrogen-bond acceptors (Lipinski definition) is 4. The molecule has 0 unspecified atom stereocenters. The van der Waals surface area contributed by atoms with Gasteiger partial charge in [-0.25, -0.2) is 0 Å². The Morgan fingerprint density at radius 3 is 2.32 bits per heavy atom. The second-order valence-electron chi connectivity index (χ2n) is 5.52. The van der Waals surface area contributed by atoms with Gasteiger partial charge < -0.3 is 5.32 Å². The van der Waals surface area contributed by atoms with Crippen molar-refractivity contribution in [1.29, 1.82) is 0 Å². The molecule has 0 bridgehead atoms. The van der Waals surface area contributed by atoms with Gasteiger partial charge in [0.1, 0.15) is 11.0 Å². The van der Waals surface area contributed by atoms with Crippen LogP contribution in [0.25, 0.3) is 11.0 Å². The first-order valence-corrected chi connectivity index (χ1v) is 8.09. The van der Waals surface area contributed by atoms with Crippen molar-refractivity contribution in [1.82, 2.24) is 8.75 Å². The lowest BCUT2D eigenvalue weighted by molar-refractivity contribution is 0.568. The van der Waals surface area contributed by atoms with Gasteiger partial charge in [0, 0.05) is 6.04 Å². The highest BCUT2D eigenvalue weighted by Crippen LogP contribution is 2.47. The average molecular weight is 314 g/mol. The molecule has 1 aromatic carbocycles. The summed E-state index contributed by atoms with van der Waals surface area (Å²) in [5.74, 6) is 1.61. The summed E-state index contributed by atoms with van der Waals surface area (Å²) in [6, 6.07) is 2.31. The molecule has 1 heterocycles. The van der Waals surface area contributed by atoms with E-state index in [0.29, 0.717) is 16.1 Å². The van der Waals surface area contributed by atoms with Crippen LogP contribution < -0.4 is 5.32 Å². The van der Waals surface area contributed by atoms with Gasteiger partial charge in [0.2, 0.25) is 0 Å². The average Bonchev–Trinajstić information content (AvgIpc) is 3.29. The fourth-order valence-corrected chi connectivity index (χ4v) is 3.88. The summed E-state index contributed by atoms with van der Waals surface area (Å²) in [4.78, 5) is 0. The van der Waals surface area contributed by atoms with Crippen LogP contribution in [0.1, 0.15) is 25.7 Å². The molecule has 1 N–H and O–H groups in total. The van der Waals surface area contributed by atoms with E-state index in [2.05, 4.69) is 14.1 Å². The van der Waals surface area contributed by atoms with E-state index in [4.69, 9.17) is 23.2 Å². The van der Waals surface area contributed by atoms with Crippen molar-refractivity contribution < 1.29 is 0 Å². The molecule has 2 aliphatic rings. The third kappa shape index (κ3) is 2.20. The van der Waals surface area contributed by atoms with Crippen LogP contribution >= 0.6 is 34.9 Å². The van der Waals surface area contributed by atoms with Crippen molar-refractivity contribution in [2.24, 2.45) is 11.8 Å². The molecule has 2 fully saturated rings. The van der Waals surface area contributed by atoms with Crippen LogP contribution in [0.2, 0.25) is 10.0 Å². The van der Waals surface area contributed by atoms with Crippen molar-refractivity contribution in [3.8, 4) is 0 Å². The predicted octanol–water partition coefficient (Wildman–Crippen LogP) is 4.60. The Bertz CT molecular complexity index is 622. The molecule has 2 aliphatic carbocycles. The van der Waals surface area contributed by atoms with Crippen molar-refractivity contribution in [3.05, 3.63) is 16.1 Å². The van der Waals surface area contributed by atoms with Crippen LogP contribution in [-0.2, 0) is 0 Å². The van der Waals surface area contributed by atoms with Gasteiger partial charge in [-0.1, -0.05) is 23.2 Å². The quantitative estimate of drug-likeness (QED) is 0.896. The lowest BCUT2D eigenvalue weighted by Crippen LogP contribution is -2.24. The zero-order valence-electron chi connectivity index (χ0n) is 10.2. The highest BCUT2D eigenvalue weighted by molar-refractivity contribution is 7.00. The smallest absolute Gasteiger partial charge is 0.130 e. The van der Waals surface area contributed by atoms with Crippen molar-refractivity contribution >= 4 is 51.7 Å². The number of halogens is 2. The molecule has 100 valence electrons. The van der Waals surface area contributed by atoms with Crippen LogP contribution in [0.3, 0.4) is 0 Å². The van der Waals surface area contributed by atoms with Gasteiger partial charge in [-0.2, -0.15) is 8.75 Å². The molecule has 1 aromatic heterocycles. The third-order valence-corrected chi connectivity index (χ3v) is 5.13. The van der Waals surface area contributed by atoms with E-state index in [0.717, 1.165) is 28.6 Å². The summed E-state index contributed by atoms with van der Waals surface area (Å²) in [7, 11) is 0. The monoisotopic (exact) mass is 313 g/mol. The van der Waals surface area contributed by atoms with Crippen LogP contribution in [0.5, 0.6) is 0 Å². The number of fused-ring (bicyclic) bond motifs is 1. The Labute approximate surface area is 125 Å². The van der Waals surface area contributed by atoms with E-state index < -0.39 is 0 Å². The lowest BCUT2D eigenvalue weighted by atomic mass is 10.1. The fourth-order valence-electron chi connectivity index (χ4n) is 2.71. The summed E-state index contributed by atoms with van der Waals surface area (Å²) in [5, 5.41) is 4.87. The van der Waals surface area contributed by atoms with E-state index in [1.165, 1.54) is 37.4 Å². The maximum atomic E-state index is 6.35. The van der Waals surface area contributed by atoms with E-state index in [9.17, 15) is 0 Å². The molecule has 4 rings (SSSR count). The van der Waals surface area contributed by atoms with Crippen LogP contribution in [0.4, 0.5) is 5.69 Å². The van der Waals surface area contributed by atoms with Gasteiger partial charge in [-0.15, -0.1) is 0 Å². The Balaban J connectivity index is 1.75. The first kappa shape index (κ1) is 12.2. The normalized spacial score (nSPS) is 19.3. The van der Waals surface area contributed by atoms with Gasteiger partial charge in [0.15, 0.2) is 0 Å². The van der Waals surface area contributed by atoms with Crippen molar-refractivity contribution in [2.75, 3.05) is 5.32 Å². The molecule has 3 nitrogen and oxygen atoms in total. The number of nitrogens with zero attached hydrogens (tertiary/aromatic N) is 2. The molecule has 0 amide bonds. The molecule has 0 spiro atoms. The molecular formula is C13H13Cl2N3S. The number of hydrogen-bond donors (Lipinski definition) is 1. The Morgan fingerprint density at radius 2 is 1.68 bits per heavy atom. The maximum absolute atomic E-state index is 6.35. The highest BCUT2D eigenvalue weighted by atomic mass is 35.5. The molecule has 2 saturated carbocycles. The molecule has 0 radical (unpaired) electrons.